The van der Waals surface area contributed by atoms with Crippen LogP contribution in [0.5, 0.6) is 0 Å². The van der Waals surface area contributed by atoms with Crippen LogP contribution in [0.3, 0.4) is 0 Å². The van der Waals surface area contributed by atoms with E-state index in [0.29, 0.717) is 0 Å². The molecule has 0 radical (unpaired) electrons. The van der Waals surface area contributed by atoms with Crippen molar-refractivity contribution < 1.29 is 4.57 Å². The molecule has 0 aromatic carbocycles. The fourth-order valence-corrected chi connectivity index (χ4v) is 0. The van der Waals surface area contributed by atoms with Crippen LogP contribution < -0.4 is 5.73 Å². The Morgan fingerprint density at radius 3 is 1.83 bits per heavy atom. The van der Waals surface area contributed by atoms with Gasteiger partial charge in [-0.2, -0.15) is 0 Å². The van der Waals surface area contributed by atoms with Crippen molar-refractivity contribution in [3.8, 4) is 0 Å². The number of rotatable bonds is 1. The second-order valence-electron chi connectivity index (χ2n) is 0.789. The molecule has 38 valence electrons. The topological polar surface area (TPSA) is 43.1 Å². The minimum Gasteiger partial charge on any atom is -0.330 e. The molecule has 0 spiro atoms. The van der Waals surface area contributed by atoms with Crippen LogP contribution in [0, 0.1) is 0 Å². The average molecular weight is 108 g/mol. The maximum atomic E-state index is 8.17. The summed E-state index contributed by atoms with van der Waals surface area (Å²) in [6.45, 7) is 2.88. The minimum absolute atomic E-state index is 0.819. The lowest BCUT2D eigenvalue weighted by molar-refractivity contribution is 0.607. The van der Waals surface area contributed by atoms with E-state index in [1.54, 1.807) is 0 Å². The molecule has 0 fully saturated rings. The first-order chi connectivity index (χ1) is 2.91. The molecule has 0 aromatic rings. The largest absolute Gasteiger partial charge is 0.330 e. The molecule has 0 saturated carbocycles. The summed E-state index contributed by atoms with van der Waals surface area (Å²) in [7, 11) is 1.17. The Bertz CT molecular complexity index is 18.3. The van der Waals surface area contributed by atoms with E-state index in [1.807, 2.05) is 0 Å². The Morgan fingerprint density at radius 1 is 1.67 bits per heavy atom. The fraction of sp³-hybridized carbons (Fsp3) is 1.00. The van der Waals surface area contributed by atoms with Crippen molar-refractivity contribution in [1.29, 1.82) is 0 Å². The van der Waals surface area contributed by atoms with Crippen molar-refractivity contribution in [3.05, 3.63) is 0 Å². The van der Waals surface area contributed by atoms with Gasteiger partial charge in [0, 0.05) is 0 Å². The lowest BCUT2D eigenvalue weighted by Gasteiger charge is -1.70. The van der Waals surface area contributed by atoms with E-state index >= 15 is 0 Å². The van der Waals surface area contributed by atoms with Crippen molar-refractivity contribution in [2.45, 2.75) is 13.3 Å². The van der Waals surface area contributed by atoms with Crippen molar-refractivity contribution >= 4 is 9.12 Å². The Balaban J connectivity index is 0. The van der Waals surface area contributed by atoms with Gasteiger partial charge in [-0.1, -0.05) is 11.5 Å². The first kappa shape index (κ1) is 9.41. The Hall–Kier alpha value is 0.0600. The van der Waals surface area contributed by atoms with Gasteiger partial charge in [-0.15, -0.1) is 0 Å². The minimum atomic E-state index is 0.819. The van der Waals surface area contributed by atoms with Gasteiger partial charge in [-0.25, -0.2) is 0 Å². The predicted molar refractivity (Wildman–Crippen MR) is 29.7 cm³/mol. The Labute approximate surface area is 40.3 Å². The SMILES string of the molecule is CCCN.O=[PH2+]. The molecule has 0 heterocycles. The van der Waals surface area contributed by atoms with Crippen LogP contribution in [0.4, 0.5) is 0 Å². The Morgan fingerprint density at radius 2 is 1.83 bits per heavy atom. The molecule has 0 aromatic heterocycles. The van der Waals surface area contributed by atoms with Gasteiger partial charge in [0.05, 0.1) is 0 Å². The van der Waals surface area contributed by atoms with Gasteiger partial charge < -0.3 is 5.73 Å². The normalized spacial score (nSPS) is 5.67. The zero-order chi connectivity index (χ0) is 5.41. The fourth-order valence-electron chi connectivity index (χ4n) is 0. The third-order valence-electron chi connectivity index (χ3n) is 0.289. The molecule has 0 saturated heterocycles. The van der Waals surface area contributed by atoms with E-state index in [0.717, 1.165) is 13.0 Å². The van der Waals surface area contributed by atoms with Gasteiger partial charge in [0.2, 0.25) is 0 Å². The highest BCUT2D eigenvalue weighted by atomic mass is 31.0. The van der Waals surface area contributed by atoms with Gasteiger partial charge in [0.1, 0.15) is 0 Å². The second-order valence-corrected chi connectivity index (χ2v) is 0.789. The standard InChI is InChI=1S/C3H9N.H2OP/c1-2-3-4;1-2/h2-4H2,1H3;2H2/q;+1. The molecule has 0 aliphatic rings. The zero-order valence-electron chi connectivity index (χ0n) is 3.98. The van der Waals surface area contributed by atoms with Crippen LogP contribution >= 0.6 is 9.12 Å². The molecule has 1 unspecified atom stereocenters. The average Bonchev–Trinajstić information content (AvgIpc) is 1.72. The first-order valence-electron chi connectivity index (χ1n) is 1.85. The van der Waals surface area contributed by atoms with E-state index in [-0.39, 0.29) is 0 Å². The molecule has 3 heteroatoms. The zero-order valence-corrected chi connectivity index (χ0v) is 5.13. The molecule has 0 amide bonds. The van der Waals surface area contributed by atoms with E-state index in [4.69, 9.17) is 10.3 Å². The van der Waals surface area contributed by atoms with Gasteiger partial charge >= 0.3 is 9.12 Å². The molecule has 6 heavy (non-hydrogen) atoms. The van der Waals surface area contributed by atoms with E-state index in [1.165, 1.54) is 9.12 Å². The molecule has 0 aliphatic carbocycles. The van der Waals surface area contributed by atoms with E-state index < -0.39 is 0 Å². The van der Waals surface area contributed by atoms with Gasteiger partial charge in [-0.05, 0) is 13.0 Å². The molecule has 2 N–H and O–H groups in total. The van der Waals surface area contributed by atoms with Crippen LogP contribution in [0.2, 0.25) is 0 Å². The molecule has 0 bridgehead atoms. The second kappa shape index (κ2) is 19.7. The van der Waals surface area contributed by atoms with E-state index in [2.05, 4.69) is 6.92 Å². The molecule has 0 rings (SSSR count). The van der Waals surface area contributed by atoms with Crippen LogP contribution in [0.25, 0.3) is 0 Å². The predicted octanol–water partition coefficient (Wildman–Crippen LogP) is 0.562. The summed E-state index contributed by atoms with van der Waals surface area (Å²) >= 11 is 0. The molecule has 1 atom stereocenters. The van der Waals surface area contributed by atoms with Crippen molar-refractivity contribution in [2.75, 3.05) is 6.54 Å². The summed E-state index contributed by atoms with van der Waals surface area (Å²) in [5.74, 6) is 0. The summed E-state index contributed by atoms with van der Waals surface area (Å²) in [6.07, 6.45) is 1.10. The summed E-state index contributed by atoms with van der Waals surface area (Å²) in [4.78, 5) is 0. The number of nitrogens with two attached hydrogens (primary N) is 1. The Kier molecular flexibility index (Phi) is 30.8. The third-order valence-corrected chi connectivity index (χ3v) is 0.289. The molecular formula is C3H11NOP+. The summed E-state index contributed by atoms with van der Waals surface area (Å²) in [5, 5.41) is 0. The van der Waals surface area contributed by atoms with Crippen molar-refractivity contribution in [3.63, 3.8) is 0 Å². The highest BCUT2D eigenvalue weighted by Crippen LogP contribution is 1.57. The highest BCUT2D eigenvalue weighted by molar-refractivity contribution is 7.00. The van der Waals surface area contributed by atoms with Gasteiger partial charge in [-0.3, -0.25) is 0 Å². The molecule has 2 nitrogen and oxygen atoms in total. The number of hydrogen-bond donors (Lipinski definition) is 1. The first-order valence-corrected chi connectivity index (χ1v) is 2.32. The lowest BCUT2D eigenvalue weighted by Crippen LogP contribution is -1.93. The maximum Gasteiger partial charge on any atom is 0.310 e. The highest BCUT2D eigenvalue weighted by Gasteiger charge is 1.55. The van der Waals surface area contributed by atoms with Crippen LogP contribution in [0.15, 0.2) is 0 Å². The summed E-state index contributed by atoms with van der Waals surface area (Å²) < 4.78 is 8.17. The maximum absolute atomic E-state index is 8.17. The van der Waals surface area contributed by atoms with Gasteiger partial charge in [0.25, 0.3) is 0 Å². The summed E-state index contributed by atoms with van der Waals surface area (Å²) in [5.41, 5.74) is 5.03. The van der Waals surface area contributed by atoms with Crippen molar-refractivity contribution in [2.24, 2.45) is 5.73 Å². The van der Waals surface area contributed by atoms with Crippen LogP contribution in [-0.4, -0.2) is 6.54 Å². The van der Waals surface area contributed by atoms with E-state index in [9.17, 15) is 0 Å². The molecular weight excluding hydrogens is 97.0 g/mol. The smallest absolute Gasteiger partial charge is 0.310 e. The number of hydrogen-bond acceptors (Lipinski definition) is 2. The van der Waals surface area contributed by atoms with Crippen LogP contribution in [-0.2, 0) is 4.57 Å². The monoisotopic (exact) mass is 108 g/mol. The quantitative estimate of drug-likeness (QED) is 0.499. The molecule has 0 aliphatic heterocycles. The third kappa shape index (κ3) is 33.8. The van der Waals surface area contributed by atoms with Crippen LogP contribution in [0.1, 0.15) is 13.3 Å². The lowest BCUT2D eigenvalue weighted by atomic mass is 10.5. The van der Waals surface area contributed by atoms with Gasteiger partial charge in [0.15, 0.2) is 0 Å². The summed E-state index contributed by atoms with van der Waals surface area (Å²) in [6, 6.07) is 0. The van der Waals surface area contributed by atoms with Crippen molar-refractivity contribution in [1.82, 2.24) is 0 Å².